The van der Waals surface area contributed by atoms with Gasteiger partial charge in [-0.25, -0.2) is 4.68 Å². The number of aromatic nitrogens is 4. The van der Waals surface area contributed by atoms with Crippen LogP contribution in [-0.4, -0.2) is 81.9 Å². The number of fused-ring (bicyclic) bond motifs is 1. The second-order valence-electron chi connectivity index (χ2n) is 7.28. The number of likely N-dealkylation sites (N-methyl/N-ethyl adjacent to an activating group) is 1. The van der Waals surface area contributed by atoms with Crippen molar-refractivity contribution in [1.82, 2.24) is 30.0 Å². The number of hydrogen-bond acceptors (Lipinski definition) is 7. The van der Waals surface area contributed by atoms with Gasteiger partial charge in [0.25, 0.3) is 0 Å². The number of para-hydroxylation sites is 1. The van der Waals surface area contributed by atoms with Gasteiger partial charge in [-0.15, -0.1) is 5.10 Å². The van der Waals surface area contributed by atoms with Crippen LogP contribution in [-0.2, 0) is 29.0 Å². The molecule has 2 aliphatic heterocycles. The minimum absolute atomic E-state index is 0.0104. The fraction of sp³-hybridized carbons (Fsp3) is 0.579. The van der Waals surface area contributed by atoms with Gasteiger partial charge in [-0.3, -0.25) is 9.69 Å². The SMILES string of the molecule is CN(CC1Cc2ccccc2O1)C(=O)CCn1nnnc1CN1CCOCC1. The molecule has 1 unspecified atom stereocenters. The summed E-state index contributed by atoms with van der Waals surface area (Å²) >= 11 is 0. The summed E-state index contributed by atoms with van der Waals surface area (Å²) in [4.78, 5) is 16.6. The maximum atomic E-state index is 12.6. The van der Waals surface area contributed by atoms with Crippen molar-refractivity contribution in [3.8, 4) is 5.75 Å². The van der Waals surface area contributed by atoms with Crippen molar-refractivity contribution >= 4 is 5.91 Å². The molecule has 9 heteroatoms. The Morgan fingerprint density at radius 2 is 2.11 bits per heavy atom. The Hall–Kier alpha value is -2.52. The first-order valence-corrected chi connectivity index (χ1v) is 9.72. The summed E-state index contributed by atoms with van der Waals surface area (Å²) in [6, 6.07) is 8.03. The normalized spacial score (nSPS) is 19.2. The molecule has 1 aromatic carbocycles. The summed E-state index contributed by atoms with van der Waals surface area (Å²) in [6.45, 7) is 4.94. The first-order valence-electron chi connectivity index (χ1n) is 9.72. The van der Waals surface area contributed by atoms with Crippen molar-refractivity contribution in [2.24, 2.45) is 0 Å². The lowest BCUT2D eigenvalue weighted by Gasteiger charge is -2.25. The Morgan fingerprint density at radius 1 is 1.29 bits per heavy atom. The van der Waals surface area contributed by atoms with E-state index >= 15 is 0 Å². The smallest absolute Gasteiger partial charge is 0.224 e. The van der Waals surface area contributed by atoms with E-state index in [1.54, 1.807) is 9.58 Å². The number of tetrazole rings is 1. The van der Waals surface area contributed by atoms with Gasteiger partial charge in [0, 0.05) is 33.0 Å². The zero-order chi connectivity index (χ0) is 19.3. The van der Waals surface area contributed by atoms with E-state index in [9.17, 15) is 4.79 Å². The molecule has 0 saturated carbocycles. The molecule has 1 aromatic heterocycles. The Bertz CT molecular complexity index is 779. The van der Waals surface area contributed by atoms with Crippen LogP contribution in [0.1, 0.15) is 17.8 Å². The third-order valence-corrected chi connectivity index (χ3v) is 5.23. The van der Waals surface area contributed by atoms with Crippen molar-refractivity contribution in [3.63, 3.8) is 0 Å². The van der Waals surface area contributed by atoms with Crippen molar-refractivity contribution < 1.29 is 14.3 Å². The van der Waals surface area contributed by atoms with Gasteiger partial charge < -0.3 is 14.4 Å². The van der Waals surface area contributed by atoms with E-state index in [2.05, 4.69) is 26.5 Å². The van der Waals surface area contributed by atoms with Gasteiger partial charge in [0.15, 0.2) is 5.82 Å². The molecule has 0 radical (unpaired) electrons. The van der Waals surface area contributed by atoms with Gasteiger partial charge in [0.2, 0.25) is 5.91 Å². The van der Waals surface area contributed by atoms with Crippen LogP contribution in [0.5, 0.6) is 5.75 Å². The number of ether oxygens (including phenoxy) is 2. The number of nitrogens with zero attached hydrogens (tertiary/aromatic N) is 6. The van der Waals surface area contributed by atoms with Crippen LogP contribution in [0.15, 0.2) is 24.3 Å². The molecule has 1 atom stereocenters. The number of rotatable bonds is 7. The number of carbonyl (C=O) groups excluding carboxylic acids is 1. The minimum atomic E-state index is 0.0104. The Labute approximate surface area is 164 Å². The van der Waals surface area contributed by atoms with Crippen molar-refractivity contribution in [3.05, 3.63) is 35.7 Å². The van der Waals surface area contributed by atoms with E-state index in [1.165, 1.54) is 5.56 Å². The van der Waals surface area contributed by atoms with Gasteiger partial charge in [0.05, 0.1) is 32.8 Å². The third-order valence-electron chi connectivity index (χ3n) is 5.23. The monoisotopic (exact) mass is 386 g/mol. The Balaban J connectivity index is 1.25. The Kier molecular flexibility index (Phi) is 5.82. The lowest BCUT2D eigenvalue weighted by Crippen LogP contribution is -2.37. The number of aryl methyl sites for hydroxylation is 1. The molecule has 1 amide bonds. The number of benzene rings is 1. The molecule has 28 heavy (non-hydrogen) atoms. The average Bonchev–Trinajstić information content (AvgIpc) is 3.32. The Morgan fingerprint density at radius 3 is 2.93 bits per heavy atom. The molecule has 0 spiro atoms. The van der Waals surface area contributed by atoms with Gasteiger partial charge >= 0.3 is 0 Å². The zero-order valence-corrected chi connectivity index (χ0v) is 16.2. The van der Waals surface area contributed by atoms with Crippen LogP contribution in [0.4, 0.5) is 0 Å². The number of carbonyl (C=O) groups is 1. The van der Waals surface area contributed by atoms with E-state index in [0.717, 1.165) is 44.3 Å². The standard InChI is InChI=1S/C19H26N6O3/c1-23(13-16-12-15-4-2-3-5-17(15)28-16)19(26)6-7-25-18(20-21-22-25)14-24-8-10-27-11-9-24/h2-5,16H,6-14H2,1H3. The highest BCUT2D eigenvalue weighted by molar-refractivity contribution is 5.75. The predicted octanol–water partition coefficient (Wildman–Crippen LogP) is 0.358. The maximum Gasteiger partial charge on any atom is 0.224 e. The quantitative estimate of drug-likeness (QED) is 0.679. The molecule has 150 valence electrons. The molecule has 2 aromatic rings. The van der Waals surface area contributed by atoms with Crippen LogP contribution in [0.25, 0.3) is 0 Å². The molecule has 0 N–H and O–H groups in total. The highest BCUT2D eigenvalue weighted by Crippen LogP contribution is 2.28. The van der Waals surface area contributed by atoms with E-state index in [4.69, 9.17) is 9.47 Å². The van der Waals surface area contributed by atoms with Crippen LogP contribution < -0.4 is 4.74 Å². The maximum absolute atomic E-state index is 12.6. The molecular formula is C19H26N6O3. The lowest BCUT2D eigenvalue weighted by molar-refractivity contribution is -0.131. The largest absolute Gasteiger partial charge is 0.488 e. The van der Waals surface area contributed by atoms with Crippen LogP contribution >= 0.6 is 0 Å². The van der Waals surface area contributed by atoms with E-state index in [-0.39, 0.29) is 12.0 Å². The highest BCUT2D eigenvalue weighted by Gasteiger charge is 2.25. The van der Waals surface area contributed by atoms with Crippen LogP contribution in [0, 0.1) is 0 Å². The average molecular weight is 386 g/mol. The summed E-state index contributed by atoms with van der Waals surface area (Å²) < 4.78 is 13.0. The first kappa shape index (κ1) is 18.8. The molecule has 1 saturated heterocycles. The summed E-state index contributed by atoms with van der Waals surface area (Å²) in [5.74, 6) is 1.77. The fourth-order valence-electron chi connectivity index (χ4n) is 3.62. The summed E-state index contributed by atoms with van der Waals surface area (Å²) in [5, 5.41) is 11.9. The molecule has 2 aliphatic rings. The zero-order valence-electron chi connectivity index (χ0n) is 16.2. The van der Waals surface area contributed by atoms with E-state index < -0.39 is 0 Å². The number of amides is 1. The molecule has 0 aliphatic carbocycles. The van der Waals surface area contributed by atoms with Gasteiger partial charge in [-0.2, -0.15) is 0 Å². The molecular weight excluding hydrogens is 360 g/mol. The van der Waals surface area contributed by atoms with E-state index in [0.29, 0.717) is 26.1 Å². The van der Waals surface area contributed by atoms with E-state index in [1.807, 2.05) is 25.2 Å². The first-order chi connectivity index (χ1) is 13.7. The molecule has 4 rings (SSSR count). The van der Waals surface area contributed by atoms with Crippen molar-refractivity contribution in [2.45, 2.75) is 32.0 Å². The van der Waals surface area contributed by atoms with Gasteiger partial charge in [0.1, 0.15) is 11.9 Å². The minimum Gasteiger partial charge on any atom is -0.488 e. The van der Waals surface area contributed by atoms with Crippen molar-refractivity contribution in [1.29, 1.82) is 0 Å². The van der Waals surface area contributed by atoms with Crippen LogP contribution in [0.2, 0.25) is 0 Å². The summed E-state index contributed by atoms with van der Waals surface area (Å²) in [6.07, 6.45) is 1.21. The third kappa shape index (κ3) is 4.48. The number of morpholine rings is 1. The highest BCUT2D eigenvalue weighted by atomic mass is 16.5. The van der Waals surface area contributed by atoms with Gasteiger partial charge in [-0.05, 0) is 22.1 Å². The predicted molar refractivity (Wildman–Crippen MR) is 101 cm³/mol. The molecule has 9 nitrogen and oxygen atoms in total. The second-order valence-corrected chi connectivity index (χ2v) is 7.28. The second kappa shape index (κ2) is 8.66. The summed E-state index contributed by atoms with van der Waals surface area (Å²) in [7, 11) is 1.82. The summed E-state index contributed by atoms with van der Waals surface area (Å²) in [5.41, 5.74) is 1.20. The lowest BCUT2D eigenvalue weighted by atomic mass is 10.1. The van der Waals surface area contributed by atoms with Gasteiger partial charge in [-0.1, -0.05) is 18.2 Å². The number of hydrogen-bond donors (Lipinski definition) is 0. The fourth-order valence-corrected chi connectivity index (χ4v) is 3.62. The molecule has 1 fully saturated rings. The van der Waals surface area contributed by atoms with Crippen LogP contribution in [0.3, 0.4) is 0 Å². The molecule has 3 heterocycles. The molecule has 0 bridgehead atoms. The topological polar surface area (TPSA) is 85.6 Å². The van der Waals surface area contributed by atoms with Crippen molar-refractivity contribution in [2.75, 3.05) is 39.9 Å².